The fraction of sp³-hybridized carbons (Fsp3) is 1.00. The van der Waals surface area contributed by atoms with Crippen LogP contribution < -0.4 is 0 Å². The molecule has 1 fully saturated rings. The van der Waals surface area contributed by atoms with Crippen molar-refractivity contribution in [2.24, 2.45) is 0 Å². The molecule has 0 spiro atoms. The number of rotatable bonds is 3. The minimum absolute atomic E-state index is 0.708. The van der Waals surface area contributed by atoms with Crippen LogP contribution in [0.3, 0.4) is 0 Å². The molecule has 0 aliphatic carbocycles. The van der Waals surface area contributed by atoms with Crippen molar-refractivity contribution in [1.29, 1.82) is 0 Å². The van der Waals surface area contributed by atoms with Gasteiger partial charge in [-0.25, -0.2) is 0 Å². The van der Waals surface area contributed by atoms with Crippen LogP contribution in [0, 0.1) is 0 Å². The number of aliphatic hydroxyl groups excluding tert-OH is 6. The van der Waals surface area contributed by atoms with Gasteiger partial charge in [0, 0.05) is 0 Å². The van der Waals surface area contributed by atoms with Crippen molar-refractivity contribution in [3.05, 3.63) is 0 Å². The Kier molecular flexibility index (Phi) is 3.78. The van der Waals surface area contributed by atoms with Gasteiger partial charge >= 0.3 is 0 Å². The van der Waals surface area contributed by atoms with Gasteiger partial charge in [0.1, 0.15) is 30.5 Å². The highest BCUT2D eigenvalue weighted by molar-refractivity contribution is 4.92. The molecule has 0 radical (unpaired) electrons. The quantitative estimate of drug-likeness (QED) is 0.281. The molecular weight excluding hydrogens is 196 g/mol. The van der Waals surface area contributed by atoms with Gasteiger partial charge in [-0.2, -0.15) is 0 Å². The fourth-order valence-corrected chi connectivity index (χ4v) is 1.29. The molecule has 1 rings (SSSR count). The smallest absolute Gasteiger partial charge is 0.184 e. The molecule has 0 bridgehead atoms. The zero-order valence-electron chi connectivity index (χ0n) is 7.26. The molecule has 6 N–H and O–H groups in total. The average Bonchev–Trinajstić information content (AvgIpc) is 2.43. The highest BCUT2D eigenvalue weighted by atomic mass is 16.6. The van der Waals surface area contributed by atoms with Crippen molar-refractivity contribution in [2.75, 3.05) is 6.61 Å². The molecule has 1 unspecified atom stereocenters. The summed E-state index contributed by atoms with van der Waals surface area (Å²) in [7, 11) is 0. The van der Waals surface area contributed by atoms with Crippen LogP contribution in [0.1, 0.15) is 0 Å². The normalized spacial score (nSPS) is 42.4. The van der Waals surface area contributed by atoms with Crippen molar-refractivity contribution in [1.82, 2.24) is 0 Å². The lowest BCUT2D eigenvalue weighted by Crippen LogP contribution is -2.46. The molecule has 84 valence electrons. The molecule has 7 heteroatoms. The molecule has 1 saturated heterocycles. The molecule has 1 aliphatic heterocycles. The van der Waals surface area contributed by atoms with Crippen LogP contribution >= 0.6 is 0 Å². The van der Waals surface area contributed by atoms with Crippen LogP contribution in [-0.4, -0.2) is 74.1 Å². The van der Waals surface area contributed by atoms with E-state index in [0.717, 1.165) is 0 Å². The Morgan fingerprint density at radius 2 is 1.64 bits per heavy atom. The standard InChI is InChI=1S/C7H14O7/c8-1-2(9)3(10)6-4(11)5(12)7(13)14-6/h2-13H,1H2/t2?,3-,4+,5+,6+,7-/m0/s1. The SMILES string of the molecule is OCC(O)[C@H](O)[C@H]1O[C@H](O)[C@H](O)[C@H]1O. The van der Waals surface area contributed by atoms with Crippen LogP contribution in [0.15, 0.2) is 0 Å². The Balaban J connectivity index is 2.61. The second-order valence-corrected chi connectivity index (χ2v) is 3.21. The van der Waals surface area contributed by atoms with Crippen LogP contribution in [0.4, 0.5) is 0 Å². The summed E-state index contributed by atoms with van der Waals surface area (Å²) < 4.78 is 4.61. The molecule has 1 heterocycles. The summed E-state index contributed by atoms with van der Waals surface area (Å²) in [4.78, 5) is 0. The topological polar surface area (TPSA) is 131 Å². The predicted octanol–water partition coefficient (Wildman–Crippen LogP) is -3.86. The summed E-state index contributed by atoms with van der Waals surface area (Å²) in [5.41, 5.74) is 0. The maximum Gasteiger partial charge on any atom is 0.184 e. The fourth-order valence-electron chi connectivity index (χ4n) is 1.29. The van der Waals surface area contributed by atoms with Gasteiger partial charge in [-0.1, -0.05) is 0 Å². The number of ether oxygens (including phenoxy) is 1. The maximum atomic E-state index is 9.31. The van der Waals surface area contributed by atoms with Gasteiger partial charge in [0.2, 0.25) is 0 Å². The van der Waals surface area contributed by atoms with Gasteiger partial charge in [-0.15, -0.1) is 0 Å². The van der Waals surface area contributed by atoms with E-state index in [2.05, 4.69) is 4.74 Å². The Labute approximate surface area is 79.8 Å². The van der Waals surface area contributed by atoms with Gasteiger partial charge in [0.15, 0.2) is 6.29 Å². The number of hydrogen-bond acceptors (Lipinski definition) is 7. The van der Waals surface area contributed by atoms with Gasteiger partial charge in [-0.3, -0.25) is 0 Å². The van der Waals surface area contributed by atoms with E-state index in [9.17, 15) is 10.2 Å². The largest absolute Gasteiger partial charge is 0.394 e. The summed E-state index contributed by atoms with van der Waals surface area (Å²) in [6.45, 7) is -0.708. The first kappa shape index (κ1) is 11.8. The highest BCUT2D eigenvalue weighted by Gasteiger charge is 2.46. The summed E-state index contributed by atoms with van der Waals surface area (Å²) >= 11 is 0. The molecule has 0 aromatic rings. The molecule has 0 aromatic heterocycles. The van der Waals surface area contributed by atoms with Gasteiger partial charge < -0.3 is 35.4 Å². The van der Waals surface area contributed by atoms with Crippen molar-refractivity contribution in [3.63, 3.8) is 0 Å². The van der Waals surface area contributed by atoms with Crippen molar-refractivity contribution >= 4 is 0 Å². The van der Waals surface area contributed by atoms with E-state index in [4.69, 9.17) is 20.4 Å². The van der Waals surface area contributed by atoms with Crippen LogP contribution in [-0.2, 0) is 4.74 Å². The molecule has 7 nitrogen and oxygen atoms in total. The second-order valence-electron chi connectivity index (χ2n) is 3.21. The van der Waals surface area contributed by atoms with E-state index in [1.54, 1.807) is 0 Å². The Bertz CT molecular complexity index is 187. The Hall–Kier alpha value is -0.280. The first-order valence-electron chi connectivity index (χ1n) is 4.15. The Morgan fingerprint density at radius 1 is 1.07 bits per heavy atom. The molecule has 14 heavy (non-hydrogen) atoms. The molecule has 6 atom stereocenters. The molecular formula is C7H14O7. The lowest BCUT2D eigenvalue weighted by Gasteiger charge is -2.23. The Morgan fingerprint density at radius 3 is 2.00 bits per heavy atom. The first-order chi connectivity index (χ1) is 6.49. The molecule has 0 aromatic carbocycles. The minimum atomic E-state index is -1.60. The maximum absolute atomic E-state index is 9.31. The monoisotopic (exact) mass is 210 g/mol. The molecule has 0 amide bonds. The van der Waals surface area contributed by atoms with Crippen molar-refractivity contribution < 1.29 is 35.4 Å². The highest BCUT2D eigenvalue weighted by Crippen LogP contribution is 2.23. The third-order valence-electron chi connectivity index (χ3n) is 2.19. The summed E-state index contributed by atoms with van der Waals surface area (Å²) in [6, 6.07) is 0. The summed E-state index contributed by atoms with van der Waals surface area (Å²) in [5.74, 6) is 0. The first-order valence-corrected chi connectivity index (χ1v) is 4.15. The third-order valence-corrected chi connectivity index (χ3v) is 2.19. The second kappa shape index (κ2) is 4.49. The summed E-state index contributed by atoms with van der Waals surface area (Å²) in [6.07, 6.45) is -9.01. The number of hydrogen-bond donors (Lipinski definition) is 6. The lowest BCUT2D eigenvalue weighted by molar-refractivity contribution is -0.164. The van der Waals surface area contributed by atoms with Crippen LogP contribution in [0.25, 0.3) is 0 Å². The van der Waals surface area contributed by atoms with Crippen molar-refractivity contribution in [3.8, 4) is 0 Å². The van der Waals surface area contributed by atoms with Gasteiger partial charge in [0.05, 0.1) is 6.61 Å². The average molecular weight is 210 g/mol. The van der Waals surface area contributed by atoms with Gasteiger partial charge in [-0.05, 0) is 0 Å². The number of aliphatic hydroxyl groups is 6. The van der Waals surface area contributed by atoms with Gasteiger partial charge in [0.25, 0.3) is 0 Å². The van der Waals surface area contributed by atoms with Crippen molar-refractivity contribution in [2.45, 2.75) is 36.8 Å². The molecule has 1 aliphatic rings. The van der Waals surface area contributed by atoms with Crippen LogP contribution in [0.5, 0.6) is 0 Å². The molecule has 0 saturated carbocycles. The van der Waals surface area contributed by atoms with Crippen LogP contribution in [0.2, 0.25) is 0 Å². The zero-order chi connectivity index (χ0) is 10.9. The summed E-state index contributed by atoms with van der Waals surface area (Å²) in [5, 5.41) is 54.1. The van der Waals surface area contributed by atoms with E-state index in [1.807, 2.05) is 0 Å². The predicted molar refractivity (Wildman–Crippen MR) is 42.0 cm³/mol. The van der Waals surface area contributed by atoms with E-state index in [0.29, 0.717) is 0 Å². The lowest BCUT2D eigenvalue weighted by atomic mass is 10.0. The van der Waals surface area contributed by atoms with E-state index in [1.165, 1.54) is 0 Å². The minimum Gasteiger partial charge on any atom is -0.394 e. The van der Waals surface area contributed by atoms with E-state index >= 15 is 0 Å². The van der Waals surface area contributed by atoms with E-state index in [-0.39, 0.29) is 0 Å². The zero-order valence-corrected chi connectivity index (χ0v) is 7.26. The third kappa shape index (κ3) is 2.04. The van der Waals surface area contributed by atoms with E-state index < -0.39 is 43.4 Å².